The van der Waals surface area contributed by atoms with Gasteiger partial charge in [-0.3, -0.25) is 0 Å². The summed E-state index contributed by atoms with van der Waals surface area (Å²) < 4.78 is 0. The fourth-order valence-corrected chi connectivity index (χ4v) is 3.66. The molecule has 2 saturated carbocycles. The Morgan fingerprint density at radius 3 is 2.36 bits per heavy atom. The average Bonchev–Trinajstić information content (AvgIpc) is 2.74. The van der Waals surface area contributed by atoms with Gasteiger partial charge in [0.05, 0.1) is 5.60 Å². The second-order valence-corrected chi connectivity index (χ2v) is 5.57. The van der Waals surface area contributed by atoms with Crippen LogP contribution in [0.4, 0.5) is 0 Å². The Morgan fingerprint density at radius 1 is 1.29 bits per heavy atom. The number of aliphatic hydroxyl groups is 1. The lowest BCUT2D eigenvalue weighted by Gasteiger charge is -2.42. The van der Waals surface area contributed by atoms with E-state index in [-0.39, 0.29) is 5.41 Å². The fraction of sp³-hybridized carbons (Fsp3) is 1.00. The van der Waals surface area contributed by atoms with Crippen LogP contribution in [0.25, 0.3) is 0 Å². The number of hydrogen-bond donors (Lipinski definition) is 2. The molecule has 2 unspecified atom stereocenters. The normalized spacial score (nSPS) is 41.8. The Kier molecular flexibility index (Phi) is 2.61. The largest absolute Gasteiger partial charge is 0.389 e. The molecule has 2 heteroatoms. The van der Waals surface area contributed by atoms with Gasteiger partial charge in [-0.15, -0.1) is 0 Å². The van der Waals surface area contributed by atoms with Crippen LogP contribution in [0.1, 0.15) is 51.9 Å². The maximum Gasteiger partial charge on any atom is 0.0718 e. The van der Waals surface area contributed by atoms with Crippen LogP contribution < -0.4 is 5.73 Å². The summed E-state index contributed by atoms with van der Waals surface area (Å²) in [6.45, 7) is 2.92. The molecule has 2 nitrogen and oxygen atoms in total. The molecule has 0 heterocycles. The van der Waals surface area contributed by atoms with Gasteiger partial charge >= 0.3 is 0 Å². The van der Waals surface area contributed by atoms with E-state index in [2.05, 4.69) is 6.92 Å². The molecule has 0 aromatic carbocycles. The summed E-state index contributed by atoms with van der Waals surface area (Å²) >= 11 is 0. The van der Waals surface area contributed by atoms with Crippen molar-refractivity contribution >= 4 is 0 Å². The lowest BCUT2D eigenvalue weighted by atomic mass is 9.69. The molecular weight excluding hydrogens is 174 g/mol. The monoisotopic (exact) mass is 197 g/mol. The van der Waals surface area contributed by atoms with E-state index in [1.54, 1.807) is 0 Å². The van der Waals surface area contributed by atoms with Crippen LogP contribution in [-0.2, 0) is 0 Å². The minimum Gasteiger partial charge on any atom is -0.389 e. The smallest absolute Gasteiger partial charge is 0.0718 e. The predicted octanol–water partition coefficient (Wildman–Crippen LogP) is 2.06. The zero-order chi connectivity index (χ0) is 10.2. The molecule has 14 heavy (non-hydrogen) atoms. The molecule has 0 aromatic rings. The van der Waals surface area contributed by atoms with Gasteiger partial charge in [0, 0.05) is 12.0 Å². The highest BCUT2D eigenvalue weighted by Crippen LogP contribution is 2.53. The fourth-order valence-electron chi connectivity index (χ4n) is 3.66. The van der Waals surface area contributed by atoms with Gasteiger partial charge in [0.25, 0.3) is 0 Å². The molecule has 0 saturated heterocycles. The van der Waals surface area contributed by atoms with Crippen molar-refractivity contribution in [3.05, 3.63) is 0 Å². The molecule has 82 valence electrons. The predicted molar refractivity (Wildman–Crippen MR) is 57.9 cm³/mol. The summed E-state index contributed by atoms with van der Waals surface area (Å²) in [4.78, 5) is 0. The van der Waals surface area contributed by atoms with Crippen LogP contribution in [0.15, 0.2) is 0 Å². The minimum absolute atomic E-state index is 0.0672. The summed E-state index contributed by atoms with van der Waals surface area (Å²) in [5, 5.41) is 10.7. The standard InChI is InChI=1S/C12H23NO/c1-10-4-7-12(14,8-10)11(9-13)5-2-3-6-11/h10,14H,2-9,13H2,1H3. The molecule has 0 bridgehead atoms. The van der Waals surface area contributed by atoms with Crippen LogP contribution in [0, 0.1) is 11.3 Å². The molecule has 2 rings (SSSR count). The van der Waals surface area contributed by atoms with Gasteiger partial charge < -0.3 is 10.8 Å². The topological polar surface area (TPSA) is 46.2 Å². The molecule has 3 N–H and O–H groups in total. The molecule has 0 radical (unpaired) electrons. The van der Waals surface area contributed by atoms with Crippen molar-refractivity contribution in [2.24, 2.45) is 17.1 Å². The number of hydrogen-bond acceptors (Lipinski definition) is 2. The molecule has 2 atom stereocenters. The molecular formula is C12H23NO. The van der Waals surface area contributed by atoms with Gasteiger partial charge in [-0.1, -0.05) is 19.8 Å². The van der Waals surface area contributed by atoms with E-state index in [1.165, 1.54) is 19.3 Å². The van der Waals surface area contributed by atoms with Crippen LogP contribution in [0.3, 0.4) is 0 Å². The van der Waals surface area contributed by atoms with E-state index in [9.17, 15) is 5.11 Å². The minimum atomic E-state index is -0.433. The van der Waals surface area contributed by atoms with E-state index in [0.29, 0.717) is 12.5 Å². The molecule has 0 amide bonds. The lowest BCUT2D eigenvalue weighted by Crippen LogP contribution is -2.49. The third-order valence-corrected chi connectivity index (χ3v) is 4.68. The Morgan fingerprint density at radius 2 is 1.93 bits per heavy atom. The van der Waals surface area contributed by atoms with Crippen molar-refractivity contribution in [3.63, 3.8) is 0 Å². The first kappa shape index (κ1) is 10.4. The van der Waals surface area contributed by atoms with Gasteiger partial charge in [-0.2, -0.15) is 0 Å². The first-order valence-corrected chi connectivity index (χ1v) is 6.04. The maximum atomic E-state index is 10.7. The second kappa shape index (κ2) is 3.49. The van der Waals surface area contributed by atoms with Crippen LogP contribution in [0.5, 0.6) is 0 Å². The highest BCUT2D eigenvalue weighted by Gasteiger charge is 2.53. The van der Waals surface area contributed by atoms with Crippen molar-refractivity contribution in [2.45, 2.75) is 57.5 Å². The SMILES string of the molecule is CC1CCC(O)(C2(CN)CCCC2)C1. The van der Waals surface area contributed by atoms with Gasteiger partial charge in [0.1, 0.15) is 0 Å². The summed E-state index contributed by atoms with van der Waals surface area (Å²) in [6.07, 6.45) is 7.94. The first-order chi connectivity index (χ1) is 6.62. The Hall–Kier alpha value is -0.0800. The summed E-state index contributed by atoms with van der Waals surface area (Å²) in [7, 11) is 0. The van der Waals surface area contributed by atoms with E-state index in [1.807, 2.05) is 0 Å². The molecule has 2 aliphatic rings. The van der Waals surface area contributed by atoms with Gasteiger partial charge in [-0.05, 0) is 38.0 Å². The highest BCUT2D eigenvalue weighted by atomic mass is 16.3. The first-order valence-electron chi connectivity index (χ1n) is 6.04. The van der Waals surface area contributed by atoms with E-state index in [4.69, 9.17) is 5.73 Å². The van der Waals surface area contributed by atoms with Gasteiger partial charge in [0.15, 0.2) is 0 Å². The Labute approximate surface area is 86.9 Å². The van der Waals surface area contributed by atoms with Crippen LogP contribution in [0.2, 0.25) is 0 Å². The average molecular weight is 197 g/mol. The molecule has 0 aliphatic heterocycles. The van der Waals surface area contributed by atoms with Crippen molar-refractivity contribution < 1.29 is 5.11 Å². The van der Waals surface area contributed by atoms with Crippen LogP contribution in [-0.4, -0.2) is 17.3 Å². The highest BCUT2D eigenvalue weighted by molar-refractivity contribution is 5.05. The summed E-state index contributed by atoms with van der Waals surface area (Å²) in [5.41, 5.74) is 5.55. The summed E-state index contributed by atoms with van der Waals surface area (Å²) in [5.74, 6) is 0.684. The number of nitrogens with two attached hydrogens (primary N) is 1. The maximum absolute atomic E-state index is 10.7. The molecule has 2 aliphatic carbocycles. The van der Waals surface area contributed by atoms with Gasteiger partial charge in [-0.25, -0.2) is 0 Å². The van der Waals surface area contributed by atoms with E-state index in [0.717, 1.165) is 25.7 Å². The second-order valence-electron chi connectivity index (χ2n) is 5.57. The zero-order valence-electron chi connectivity index (χ0n) is 9.26. The Balaban J connectivity index is 2.18. The third-order valence-electron chi connectivity index (χ3n) is 4.68. The molecule has 2 fully saturated rings. The van der Waals surface area contributed by atoms with E-state index >= 15 is 0 Å². The number of rotatable bonds is 2. The van der Waals surface area contributed by atoms with Crippen molar-refractivity contribution in [3.8, 4) is 0 Å². The molecule has 0 aromatic heterocycles. The zero-order valence-corrected chi connectivity index (χ0v) is 9.26. The Bertz CT molecular complexity index is 210. The van der Waals surface area contributed by atoms with Crippen LogP contribution >= 0.6 is 0 Å². The van der Waals surface area contributed by atoms with Crippen molar-refractivity contribution in [2.75, 3.05) is 6.54 Å². The van der Waals surface area contributed by atoms with Gasteiger partial charge in [0.2, 0.25) is 0 Å². The van der Waals surface area contributed by atoms with Crippen molar-refractivity contribution in [1.29, 1.82) is 0 Å². The third kappa shape index (κ3) is 1.40. The quantitative estimate of drug-likeness (QED) is 0.711. The lowest BCUT2D eigenvalue weighted by molar-refractivity contribution is -0.0750. The molecule has 0 spiro atoms. The van der Waals surface area contributed by atoms with Crippen molar-refractivity contribution in [1.82, 2.24) is 0 Å². The summed E-state index contributed by atoms with van der Waals surface area (Å²) in [6, 6.07) is 0. The van der Waals surface area contributed by atoms with E-state index < -0.39 is 5.60 Å².